The van der Waals surface area contributed by atoms with Gasteiger partial charge in [-0.15, -0.1) is 0 Å². The SMILES string of the molecule is CCCCCCC/C=C\C/C=C\C/C=C\CCCCCCCCCCCCCCCCCCC(=O)OCC(COC(=O)CCCCCCCC)OC(=O)CCCCCCCCCCCC. The van der Waals surface area contributed by atoms with Crippen LogP contribution >= 0.6 is 0 Å². The summed E-state index contributed by atoms with van der Waals surface area (Å²) >= 11 is 0. The summed E-state index contributed by atoms with van der Waals surface area (Å²) in [6.07, 6.45) is 64.8. The lowest BCUT2D eigenvalue weighted by Gasteiger charge is -2.18. The molecule has 0 spiro atoms. The van der Waals surface area contributed by atoms with Crippen LogP contribution in [0, 0.1) is 0 Å². The Kier molecular flexibility index (Phi) is 52.3. The average Bonchev–Trinajstić information content (AvgIpc) is 3.30. The fourth-order valence-electron chi connectivity index (χ4n) is 8.33. The molecule has 0 aromatic heterocycles. The molecule has 0 aliphatic carbocycles. The third-order valence-electron chi connectivity index (χ3n) is 12.6. The van der Waals surface area contributed by atoms with Gasteiger partial charge in [0.2, 0.25) is 0 Å². The zero-order valence-electron chi connectivity index (χ0n) is 43.5. The van der Waals surface area contributed by atoms with Crippen molar-refractivity contribution in [2.24, 2.45) is 0 Å². The second-order valence-corrected chi connectivity index (χ2v) is 19.2. The first-order valence-electron chi connectivity index (χ1n) is 28.5. The monoisotopic (exact) mass is 913 g/mol. The van der Waals surface area contributed by atoms with Crippen LogP contribution < -0.4 is 0 Å². The molecule has 6 nitrogen and oxygen atoms in total. The topological polar surface area (TPSA) is 78.9 Å². The van der Waals surface area contributed by atoms with Crippen LogP contribution in [0.25, 0.3) is 0 Å². The molecule has 0 aromatic rings. The van der Waals surface area contributed by atoms with E-state index >= 15 is 0 Å². The van der Waals surface area contributed by atoms with E-state index in [-0.39, 0.29) is 31.1 Å². The molecule has 1 atom stereocenters. The molecule has 0 radical (unpaired) electrons. The highest BCUT2D eigenvalue weighted by Gasteiger charge is 2.19. The molecule has 0 heterocycles. The molecule has 65 heavy (non-hydrogen) atoms. The molecular formula is C59H108O6. The Morgan fingerprint density at radius 1 is 0.308 bits per heavy atom. The van der Waals surface area contributed by atoms with Gasteiger partial charge in [-0.05, 0) is 57.8 Å². The lowest BCUT2D eigenvalue weighted by atomic mass is 10.0. The third-order valence-corrected chi connectivity index (χ3v) is 12.6. The maximum atomic E-state index is 12.7. The highest BCUT2D eigenvalue weighted by molar-refractivity contribution is 5.71. The second kappa shape index (κ2) is 54.2. The summed E-state index contributed by atoms with van der Waals surface area (Å²) in [5.74, 6) is -0.867. The van der Waals surface area contributed by atoms with Crippen molar-refractivity contribution < 1.29 is 28.6 Å². The van der Waals surface area contributed by atoms with Gasteiger partial charge in [0.1, 0.15) is 13.2 Å². The van der Waals surface area contributed by atoms with E-state index in [2.05, 4.69) is 57.2 Å². The normalized spacial score (nSPS) is 12.2. The van der Waals surface area contributed by atoms with E-state index in [0.717, 1.165) is 70.6 Å². The van der Waals surface area contributed by atoms with Gasteiger partial charge in [-0.3, -0.25) is 14.4 Å². The maximum absolute atomic E-state index is 12.7. The molecule has 0 bridgehead atoms. The Hall–Kier alpha value is -2.37. The van der Waals surface area contributed by atoms with Gasteiger partial charge < -0.3 is 14.2 Å². The molecule has 0 rings (SSSR count). The number of carbonyl (C=O) groups excluding carboxylic acids is 3. The van der Waals surface area contributed by atoms with Gasteiger partial charge in [0.05, 0.1) is 0 Å². The van der Waals surface area contributed by atoms with Crippen LogP contribution in [0.4, 0.5) is 0 Å². The number of hydrogen-bond acceptors (Lipinski definition) is 6. The number of hydrogen-bond donors (Lipinski definition) is 0. The molecule has 0 aliphatic heterocycles. The predicted octanol–water partition coefficient (Wildman–Crippen LogP) is 18.9. The fourth-order valence-corrected chi connectivity index (χ4v) is 8.33. The lowest BCUT2D eigenvalue weighted by molar-refractivity contribution is -0.167. The van der Waals surface area contributed by atoms with E-state index in [1.165, 1.54) is 193 Å². The summed E-state index contributed by atoms with van der Waals surface area (Å²) < 4.78 is 16.7. The molecule has 0 aliphatic rings. The predicted molar refractivity (Wildman–Crippen MR) is 279 cm³/mol. The standard InChI is InChI=1S/C59H108O6/c1-4-7-10-13-16-18-20-21-22-23-24-25-26-27-28-29-30-31-32-33-34-35-36-37-38-39-40-42-43-46-49-52-58(61)64-55-56(54-63-57(60)51-48-45-15-12-9-6-3)65-59(62)53-50-47-44-41-19-17-14-11-8-5-2/h20-21,23-24,26-27,56H,4-19,22,25,28-55H2,1-3H3/b21-20-,24-23-,27-26-. The molecule has 0 saturated heterocycles. The van der Waals surface area contributed by atoms with Crippen LogP contribution in [0.3, 0.4) is 0 Å². The molecule has 380 valence electrons. The van der Waals surface area contributed by atoms with Gasteiger partial charge in [0.15, 0.2) is 6.10 Å². The largest absolute Gasteiger partial charge is 0.462 e. The molecule has 1 unspecified atom stereocenters. The van der Waals surface area contributed by atoms with Crippen molar-refractivity contribution in [1.82, 2.24) is 0 Å². The molecule has 0 saturated carbocycles. The van der Waals surface area contributed by atoms with Crippen LogP contribution in [0.15, 0.2) is 36.5 Å². The minimum absolute atomic E-state index is 0.0677. The Morgan fingerprint density at radius 3 is 0.862 bits per heavy atom. The zero-order valence-corrected chi connectivity index (χ0v) is 43.5. The van der Waals surface area contributed by atoms with Crippen molar-refractivity contribution in [3.05, 3.63) is 36.5 Å². The van der Waals surface area contributed by atoms with E-state index in [1.54, 1.807) is 0 Å². The quantitative estimate of drug-likeness (QED) is 0.0262. The smallest absolute Gasteiger partial charge is 0.306 e. The van der Waals surface area contributed by atoms with Gasteiger partial charge >= 0.3 is 17.9 Å². The van der Waals surface area contributed by atoms with Crippen molar-refractivity contribution in [3.8, 4) is 0 Å². The average molecular weight is 914 g/mol. The van der Waals surface area contributed by atoms with E-state index < -0.39 is 6.10 Å². The van der Waals surface area contributed by atoms with E-state index in [9.17, 15) is 14.4 Å². The zero-order chi connectivity index (χ0) is 47.2. The van der Waals surface area contributed by atoms with Crippen molar-refractivity contribution in [2.75, 3.05) is 13.2 Å². The minimum Gasteiger partial charge on any atom is -0.462 e. The van der Waals surface area contributed by atoms with Crippen LogP contribution in [0.5, 0.6) is 0 Å². The molecule has 0 aromatic carbocycles. The number of unbranched alkanes of at least 4 members (excludes halogenated alkanes) is 35. The van der Waals surface area contributed by atoms with Crippen molar-refractivity contribution >= 4 is 17.9 Å². The van der Waals surface area contributed by atoms with Crippen LogP contribution in [0.1, 0.15) is 303 Å². The Morgan fingerprint density at radius 2 is 0.554 bits per heavy atom. The van der Waals surface area contributed by atoms with E-state index in [0.29, 0.717) is 19.3 Å². The Bertz CT molecular complexity index is 1090. The number of carbonyl (C=O) groups is 3. The van der Waals surface area contributed by atoms with E-state index in [4.69, 9.17) is 14.2 Å². The summed E-state index contributed by atoms with van der Waals surface area (Å²) in [7, 11) is 0. The van der Waals surface area contributed by atoms with Crippen LogP contribution in [-0.4, -0.2) is 37.2 Å². The molecule has 0 fully saturated rings. The first-order chi connectivity index (χ1) is 32.0. The summed E-state index contributed by atoms with van der Waals surface area (Å²) in [5, 5.41) is 0. The third kappa shape index (κ3) is 52.5. The second-order valence-electron chi connectivity index (χ2n) is 19.2. The summed E-state index contributed by atoms with van der Waals surface area (Å²) in [4.78, 5) is 37.7. The van der Waals surface area contributed by atoms with Gasteiger partial charge in [-0.2, -0.15) is 0 Å². The summed E-state index contributed by atoms with van der Waals surface area (Å²) in [6.45, 7) is 6.58. The number of esters is 3. The summed E-state index contributed by atoms with van der Waals surface area (Å²) in [6, 6.07) is 0. The van der Waals surface area contributed by atoms with Gasteiger partial charge in [0, 0.05) is 19.3 Å². The highest BCUT2D eigenvalue weighted by Crippen LogP contribution is 2.16. The lowest BCUT2D eigenvalue weighted by Crippen LogP contribution is -2.30. The van der Waals surface area contributed by atoms with Crippen LogP contribution in [0.2, 0.25) is 0 Å². The van der Waals surface area contributed by atoms with E-state index in [1.807, 2.05) is 0 Å². The number of allylic oxidation sites excluding steroid dienone is 6. The summed E-state index contributed by atoms with van der Waals surface area (Å²) in [5.41, 5.74) is 0. The van der Waals surface area contributed by atoms with Crippen molar-refractivity contribution in [1.29, 1.82) is 0 Å². The first-order valence-corrected chi connectivity index (χ1v) is 28.5. The first kappa shape index (κ1) is 62.6. The number of rotatable bonds is 52. The Balaban J connectivity index is 3.91. The minimum atomic E-state index is -0.762. The van der Waals surface area contributed by atoms with Gasteiger partial charge in [-0.1, -0.05) is 263 Å². The van der Waals surface area contributed by atoms with Gasteiger partial charge in [0.25, 0.3) is 0 Å². The number of ether oxygens (including phenoxy) is 3. The van der Waals surface area contributed by atoms with Gasteiger partial charge in [-0.25, -0.2) is 0 Å². The molecule has 6 heteroatoms. The fraction of sp³-hybridized carbons (Fsp3) is 0.847. The van der Waals surface area contributed by atoms with Crippen molar-refractivity contribution in [3.63, 3.8) is 0 Å². The highest BCUT2D eigenvalue weighted by atomic mass is 16.6. The molecule has 0 N–H and O–H groups in total. The van der Waals surface area contributed by atoms with Crippen molar-refractivity contribution in [2.45, 2.75) is 309 Å². The molecular weight excluding hydrogens is 805 g/mol. The molecule has 0 amide bonds. The Labute approximate surface area is 404 Å². The maximum Gasteiger partial charge on any atom is 0.306 e. The van der Waals surface area contributed by atoms with Crippen LogP contribution in [-0.2, 0) is 28.6 Å².